The summed E-state index contributed by atoms with van der Waals surface area (Å²) in [7, 11) is 0. The van der Waals surface area contributed by atoms with Crippen molar-refractivity contribution in [2.45, 2.75) is 32.1 Å². The van der Waals surface area contributed by atoms with Crippen LogP contribution < -0.4 is 0 Å². The number of aldehydes is 1. The van der Waals surface area contributed by atoms with Crippen molar-refractivity contribution in [3.8, 4) is 0 Å². The molecular formula is C19H20O2. The summed E-state index contributed by atoms with van der Waals surface area (Å²) in [5.74, 6) is 0.0631. The third-order valence-corrected chi connectivity index (χ3v) is 3.54. The van der Waals surface area contributed by atoms with Gasteiger partial charge in [-0.15, -0.1) is 0 Å². The monoisotopic (exact) mass is 280 g/mol. The van der Waals surface area contributed by atoms with Gasteiger partial charge in [-0.05, 0) is 24.8 Å². The van der Waals surface area contributed by atoms with E-state index in [-0.39, 0.29) is 5.78 Å². The standard InChI is InChI=1S/C19H20O2/c20-15-7-2-1-4-8-16-11-13-18(14-12-16)19(21)17-9-5-3-6-10-17/h3,5-6,9-15H,1-2,4,7-8H2. The molecule has 2 aromatic rings. The van der Waals surface area contributed by atoms with Crippen LogP contribution in [-0.4, -0.2) is 12.1 Å². The SMILES string of the molecule is O=CCCCCCc1ccc(C(=O)c2ccccc2)cc1. The van der Waals surface area contributed by atoms with Gasteiger partial charge in [-0.25, -0.2) is 0 Å². The first kappa shape index (κ1) is 15.2. The Hall–Kier alpha value is -2.22. The predicted molar refractivity (Wildman–Crippen MR) is 84.6 cm³/mol. The van der Waals surface area contributed by atoms with Gasteiger partial charge in [0.1, 0.15) is 6.29 Å². The van der Waals surface area contributed by atoms with Gasteiger partial charge in [-0.3, -0.25) is 4.79 Å². The molecule has 0 unspecified atom stereocenters. The van der Waals surface area contributed by atoms with Crippen LogP contribution in [0.2, 0.25) is 0 Å². The molecule has 0 spiro atoms. The molecule has 2 rings (SSSR count). The van der Waals surface area contributed by atoms with Crippen molar-refractivity contribution in [3.05, 3.63) is 71.3 Å². The zero-order chi connectivity index (χ0) is 14.9. The Morgan fingerprint density at radius 2 is 1.48 bits per heavy atom. The van der Waals surface area contributed by atoms with E-state index in [1.54, 1.807) is 0 Å². The fraction of sp³-hybridized carbons (Fsp3) is 0.263. The number of carbonyl (C=O) groups excluding carboxylic acids is 2. The summed E-state index contributed by atoms with van der Waals surface area (Å²) in [6.45, 7) is 0. The molecule has 0 aliphatic carbocycles. The van der Waals surface area contributed by atoms with Crippen LogP contribution in [0.4, 0.5) is 0 Å². The van der Waals surface area contributed by atoms with Crippen LogP contribution in [0, 0.1) is 0 Å². The lowest BCUT2D eigenvalue weighted by Gasteiger charge is -2.04. The van der Waals surface area contributed by atoms with Crippen LogP contribution in [0.1, 0.15) is 47.2 Å². The van der Waals surface area contributed by atoms with Crippen molar-refractivity contribution >= 4 is 12.1 Å². The van der Waals surface area contributed by atoms with Gasteiger partial charge in [-0.2, -0.15) is 0 Å². The van der Waals surface area contributed by atoms with E-state index in [0.29, 0.717) is 6.42 Å². The Labute approximate surface area is 125 Å². The summed E-state index contributed by atoms with van der Waals surface area (Å²) >= 11 is 0. The molecule has 0 aromatic heterocycles. The second-order valence-electron chi connectivity index (χ2n) is 5.16. The Morgan fingerprint density at radius 3 is 2.14 bits per heavy atom. The fourth-order valence-corrected chi connectivity index (χ4v) is 2.31. The normalized spacial score (nSPS) is 10.3. The molecule has 0 N–H and O–H groups in total. The molecule has 21 heavy (non-hydrogen) atoms. The van der Waals surface area contributed by atoms with Gasteiger partial charge in [0.25, 0.3) is 0 Å². The highest BCUT2D eigenvalue weighted by atomic mass is 16.1. The van der Waals surface area contributed by atoms with Crippen molar-refractivity contribution < 1.29 is 9.59 Å². The molecule has 2 heteroatoms. The maximum absolute atomic E-state index is 12.3. The second-order valence-corrected chi connectivity index (χ2v) is 5.16. The minimum absolute atomic E-state index is 0.0631. The average molecular weight is 280 g/mol. The largest absolute Gasteiger partial charge is 0.303 e. The van der Waals surface area contributed by atoms with E-state index in [1.165, 1.54) is 5.56 Å². The highest BCUT2D eigenvalue weighted by Gasteiger charge is 2.07. The first-order chi connectivity index (χ1) is 10.3. The van der Waals surface area contributed by atoms with E-state index in [0.717, 1.165) is 43.1 Å². The van der Waals surface area contributed by atoms with Crippen LogP contribution in [0.5, 0.6) is 0 Å². The van der Waals surface area contributed by atoms with Crippen molar-refractivity contribution in [3.63, 3.8) is 0 Å². The molecule has 0 amide bonds. The van der Waals surface area contributed by atoms with E-state index in [2.05, 4.69) is 0 Å². The second kappa shape index (κ2) is 8.15. The maximum atomic E-state index is 12.3. The molecule has 0 saturated carbocycles. The molecule has 0 saturated heterocycles. The number of unbranched alkanes of at least 4 members (excludes halogenated alkanes) is 3. The van der Waals surface area contributed by atoms with Gasteiger partial charge in [0.15, 0.2) is 5.78 Å². The Morgan fingerprint density at radius 1 is 0.810 bits per heavy atom. The number of aryl methyl sites for hydroxylation is 1. The smallest absolute Gasteiger partial charge is 0.193 e. The van der Waals surface area contributed by atoms with Crippen LogP contribution in [-0.2, 0) is 11.2 Å². The molecule has 2 aromatic carbocycles. The topological polar surface area (TPSA) is 34.1 Å². The van der Waals surface area contributed by atoms with Crippen LogP contribution in [0.25, 0.3) is 0 Å². The molecule has 2 nitrogen and oxygen atoms in total. The van der Waals surface area contributed by atoms with Gasteiger partial charge in [0, 0.05) is 17.5 Å². The third-order valence-electron chi connectivity index (χ3n) is 3.54. The molecule has 0 bridgehead atoms. The molecule has 0 aliphatic heterocycles. The summed E-state index contributed by atoms with van der Waals surface area (Å²) in [5.41, 5.74) is 2.69. The van der Waals surface area contributed by atoms with Crippen molar-refractivity contribution in [2.75, 3.05) is 0 Å². The molecule has 0 atom stereocenters. The molecule has 0 heterocycles. The number of hydrogen-bond acceptors (Lipinski definition) is 2. The minimum Gasteiger partial charge on any atom is -0.303 e. The summed E-state index contributed by atoms with van der Waals surface area (Å²) in [6, 6.07) is 17.2. The van der Waals surface area contributed by atoms with Crippen molar-refractivity contribution in [1.29, 1.82) is 0 Å². The van der Waals surface area contributed by atoms with Gasteiger partial charge < -0.3 is 4.79 Å². The van der Waals surface area contributed by atoms with E-state index in [1.807, 2.05) is 54.6 Å². The van der Waals surface area contributed by atoms with Gasteiger partial charge >= 0.3 is 0 Å². The highest BCUT2D eigenvalue weighted by Crippen LogP contribution is 2.13. The van der Waals surface area contributed by atoms with Crippen LogP contribution in [0.3, 0.4) is 0 Å². The highest BCUT2D eigenvalue weighted by molar-refractivity contribution is 6.08. The zero-order valence-corrected chi connectivity index (χ0v) is 12.1. The fourth-order valence-electron chi connectivity index (χ4n) is 2.31. The van der Waals surface area contributed by atoms with Crippen molar-refractivity contribution in [1.82, 2.24) is 0 Å². The number of carbonyl (C=O) groups is 2. The number of rotatable bonds is 8. The van der Waals surface area contributed by atoms with Gasteiger partial charge in [0.2, 0.25) is 0 Å². The van der Waals surface area contributed by atoms with Crippen LogP contribution in [0.15, 0.2) is 54.6 Å². The Balaban J connectivity index is 1.90. The minimum atomic E-state index is 0.0631. The summed E-state index contributed by atoms with van der Waals surface area (Å²) in [6.07, 6.45) is 5.75. The predicted octanol–water partition coefficient (Wildman–Crippen LogP) is 4.22. The quantitative estimate of drug-likeness (QED) is 0.412. The number of hydrogen-bond donors (Lipinski definition) is 0. The van der Waals surface area contributed by atoms with E-state index in [9.17, 15) is 9.59 Å². The third kappa shape index (κ3) is 4.67. The summed E-state index contributed by atoms with van der Waals surface area (Å²) in [4.78, 5) is 22.5. The van der Waals surface area contributed by atoms with E-state index >= 15 is 0 Å². The first-order valence-corrected chi connectivity index (χ1v) is 7.43. The molecule has 108 valence electrons. The number of ketones is 1. The summed E-state index contributed by atoms with van der Waals surface area (Å²) in [5, 5.41) is 0. The lowest BCUT2D eigenvalue weighted by Crippen LogP contribution is -2.01. The Kier molecular flexibility index (Phi) is 5.89. The molecule has 0 radical (unpaired) electrons. The molecular weight excluding hydrogens is 260 g/mol. The summed E-state index contributed by atoms with van der Waals surface area (Å²) < 4.78 is 0. The van der Waals surface area contributed by atoms with E-state index < -0.39 is 0 Å². The van der Waals surface area contributed by atoms with Crippen LogP contribution >= 0.6 is 0 Å². The molecule has 0 fully saturated rings. The van der Waals surface area contributed by atoms with Gasteiger partial charge in [-0.1, -0.05) is 61.0 Å². The zero-order valence-electron chi connectivity index (χ0n) is 12.1. The van der Waals surface area contributed by atoms with Gasteiger partial charge in [0.05, 0.1) is 0 Å². The first-order valence-electron chi connectivity index (χ1n) is 7.43. The lowest BCUT2D eigenvalue weighted by molar-refractivity contribution is -0.107. The Bertz CT molecular complexity index is 570. The van der Waals surface area contributed by atoms with Crippen molar-refractivity contribution in [2.24, 2.45) is 0 Å². The lowest BCUT2D eigenvalue weighted by atomic mass is 10.00. The average Bonchev–Trinajstić information content (AvgIpc) is 2.55. The molecule has 0 aliphatic rings. The van der Waals surface area contributed by atoms with E-state index in [4.69, 9.17) is 0 Å². The number of benzene rings is 2. The maximum Gasteiger partial charge on any atom is 0.193 e.